The second-order valence-corrected chi connectivity index (χ2v) is 9.91. The first-order valence-electron chi connectivity index (χ1n) is 14.0. The summed E-state index contributed by atoms with van der Waals surface area (Å²) in [4.78, 5) is 0. The van der Waals surface area contributed by atoms with Crippen LogP contribution in [-0.4, -0.2) is 91.0 Å². The lowest BCUT2D eigenvalue weighted by Crippen LogP contribution is -2.36. The highest BCUT2D eigenvalue weighted by Crippen LogP contribution is 2.01. The number of halogens is 2. The number of hydrogen-bond acceptors (Lipinski definition) is 6. The highest BCUT2D eigenvalue weighted by atomic mass is 35.5. The van der Waals surface area contributed by atoms with E-state index in [2.05, 4.69) is 73.7 Å². The molecule has 0 atom stereocenters. The second kappa shape index (κ2) is 25.4. The molecule has 0 unspecified atom stereocenters. The van der Waals surface area contributed by atoms with Gasteiger partial charge in [-0.3, -0.25) is 0 Å². The number of aryl methyl sites for hydroxylation is 4. The highest BCUT2D eigenvalue weighted by Gasteiger charge is 2.04. The molecule has 10 heteroatoms. The predicted molar refractivity (Wildman–Crippen MR) is 159 cm³/mol. The molecule has 228 valence electrons. The van der Waals surface area contributed by atoms with Crippen molar-refractivity contribution < 1.29 is 37.6 Å². The number of alkyl halides is 2. The molecule has 2 rings (SSSR count). The van der Waals surface area contributed by atoms with Gasteiger partial charge in [0, 0.05) is 35.0 Å². The van der Waals surface area contributed by atoms with E-state index in [1.165, 1.54) is 22.3 Å². The fourth-order valence-electron chi connectivity index (χ4n) is 3.28. The van der Waals surface area contributed by atoms with Crippen LogP contribution < -0.4 is 9.13 Å². The van der Waals surface area contributed by atoms with Crippen LogP contribution in [0, 0.1) is 27.7 Å². The summed E-state index contributed by atoms with van der Waals surface area (Å²) in [7, 11) is 0. The first-order chi connectivity index (χ1) is 19.5. The van der Waals surface area contributed by atoms with Gasteiger partial charge in [-0.1, -0.05) is 0 Å². The molecule has 0 spiro atoms. The van der Waals surface area contributed by atoms with E-state index in [0.29, 0.717) is 91.0 Å². The number of ether oxygens (including phenoxy) is 6. The predicted octanol–water partition coefficient (Wildman–Crippen LogP) is 3.76. The zero-order valence-corrected chi connectivity index (χ0v) is 26.4. The third-order valence-electron chi connectivity index (χ3n) is 5.91. The SMILES string of the molecule is Cc1cc[n+](CCOCCOCCOCC[n+]2ccc(C)c(C)c2)cc1C.ClCCOCCOCCOCCCl. The van der Waals surface area contributed by atoms with Crippen molar-refractivity contribution in [3.05, 3.63) is 59.2 Å². The van der Waals surface area contributed by atoms with Crippen LogP contribution in [0.5, 0.6) is 0 Å². The van der Waals surface area contributed by atoms with Gasteiger partial charge in [0.25, 0.3) is 0 Å². The van der Waals surface area contributed by atoms with Crippen molar-refractivity contribution in [3.63, 3.8) is 0 Å². The third kappa shape index (κ3) is 19.7. The van der Waals surface area contributed by atoms with Crippen LogP contribution in [0.4, 0.5) is 0 Å². The van der Waals surface area contributed by atoms with Gasteiger partial charge in [-0.05, 0) is 38.8 Å². The molecular formula is C30H50Cl2N2O6+2. The molecule has 2 aromatic heterocycles. The van der Waals surface area contributed by atoms with Crippen LogP contribution in [0.2, 0.25) is 0 Å². The summed E-state index contributed by atoms with van der Waals surface area (Å²) in [5.41, 5.74) is 5.24. The van der Waals surface area contributed by atoms with Crippen LogP contribution in [0.3, 0.4) is 0 Å². The quantitative estimate of drug-likeness (QED) is 0.116. The Kier molecular flexibility index (Phi) is 23.2. The van der Waals surface area contributed by atoms with Crippen molar-refractivity contribution in [2.45, 2.75) is 40.8 Å². The average Bonchev–Trinajstić information content (AvgIpc) is 2.95. The molecule has 2 heterocycles. The highest BCUT2D eigenvalue weighted by molar-refractivity contribution is 6.18. The molecule has 0 saturated carbocycles. The zero-order chi connectivity index (χ0) is 29.3. The summed E-state index contributed by atoms with van der Waals surface area (Å²) >= 11 is 10.8. The molecule has 2 aromatic rings. The van der Waals surface area contributed by atoms with Gasteiger partial charge in [-0.25, -0.2) is 9.13 Å². The van der Waals surface area contributed by atoms with E-state index in [9.17, 15) is 0 Å². The number of rotatable bonds is 22. The lowest BCUT2D eigenvalue weighted by molar-refractivity contribution is -0.698. The van der Waals surface area contributed by atoms with Gasteiger partial charge in [0.2, 0.25) is 0 Å². The van der Waals surface area contributed by atoms with E-state index in [0.717, 1.165) is 13.1 Å². The second-order valence-electron chi connectivity index (χ2n) is 9.15. The van der Waals surface area contributed by atoms with Crippen LogP contribution in [0.15, 0.2) is 36.9 Å². The van der Waals surface area contributed by atoms with Crippen molar-refractivity contribution in [3.8, 4) is 0 Å². The maximum atomic E-state index is 5.62. The molecule has 0 amide bonds. The lowest BCUT2D eigenvalue weighted by Gasteiger charge is -2.06. The average molecular weight is 606 g/mol. The standard InChI is InChI=1S/C22H34N2O3.C8H16Cl2O3/c1-19-5-7-23(17-21(19)3)9-11-25-13-15-27-16-14-26-12-10-24-8-6-20(2)22(4)18-24;9-1-3-11-5-7-13-8-6-12-4-2-10/h5-8,17-18H,9-16H2,1-4H3;1-8H2/q+2;. The normalized spacial score (nSPS) is 10.9. The molecule has 0 saturated heterocycles. The van der Waals surface area contributed by atoms with Gasteiger partial charge in [-0.15, -0.1) is 23.2 Å². The van der Waals surface area contributed by atoms with Gasteiger partial charge in [0.1, 0.15) is 13.2 Å². The first kappa shape index (κ1) is 36.7. The summed E-state index contributed by atoms with van der Waals surface area (Å²) in [6.07, 6.45) is 8.50. The van der Waals surface area contributed by atoms with Crippen LogP contribution in [0.1, 0.15) is 22.3 Å². The molecule has 0 aliphatic carbocycles. The smallest absolute Gasteiger partial charge is 0.172 e. The van der Waals surface area contributed by atoms with Crippen LogP contribution in [0.25, 0.3) is 0 Å². The van der Waals surface area contributed by atoms with Crippen molar-refractivity contribution in [2.24, 2.45) is 0 Å². The summed E-state index contributed by atoms with van der Waals surface area (Å²) in [5.74, 6) is 1.05. The minimum Gasteiger partial charge on any atom is -0.378 e. The molecule has 0 radical (unpaired) electrons. The van der Waals surface area contributed by atoms with Crippen molar-refractivity contribution in [1.82, 2.24) is 0 Å². The molecule has 0 N–H and O–H groups in total. The molecule has 0 aliphatic rings. The third-order valence-corrected chi connectivity index (χ3v) is 6.22. The monoisotopic (exact) mass is 604 g/mol. The van der Waals surface area contributed by atoms with E-state index in [-0.39, 0.29) is 0 Å². The number of nitrogens with zero attached hydrogens (tertiary/aromatic N) is 2. The molecule has 0 fully saturated rings. The molecule has 0 bridgehead atoms. The number of aromatic nitrogens is 2. The van der Waals surface area contributed by atoms with E-state index in [1.807, 2.05) is 0 Å². The Morgan fingerprint density at radius 2 is 0.750 bits per heavy atom. The Labute approximate surface area is 251 Å². The maximum Gasteiger partial charge on any atom is 0.172 e. The minimum atomic E-state index is 0.527. The Hall–Kier alpha value is -1.36. The summed E-state index contributed by atoms with van der Waals surface area (Å²) in [5, 5.41) is 0. The Morgan fingerprint density at radius 3 is 1.05 bits per heavy atom. The van der Waals surface area contributed by atoms with E-state index < -0.39 is 0 Å². The number of pyridine rings is 2. The van der Waals surface area contributed by atoms with Gasteiger partial charge in [0.15, 0.2) is 37.9 Å². The Morgan fingerprint density at radius 1 is 0.450 bits per heavy atom. The Bertz CT molecular complexity index is 822. The fourth-order valence-corrected chi connectivity index (χ4v) is 3.49. The van der Waals surface area contributed by atoms with Crippen molar-refractivity contribution >= 4 is 23.2 Å². The van der Waals surface area contributed by atoms with E-state index >= 15 is 0 Å². The molecule has 0 aliphatic heterocycles. The first-order valence-corrected chi connectivity index (χ1v) is 15.1. The van der Waals surface area contributed by atoms with E-state index in [1.54, 1.807) is 0 Å². The maximum absolute atomic E-state index is 5.62. The number of hydrogen-bond donors (Lipinski definition) is 0. The molecule has 40 heavy (non-hydrogen) atoms. The van der Waals surface area contributed by atoms with Gasteiger partial charge < -0.3 is 28.4 Å². The molecule has 8 nitrogen and oxygen atoms in total. The summed E-state index contributed by atoms with van der Waals surface area (Å²) in [6, 6.07) is 4.27. The summed E-state index contributed by atoms with van der Waals surface area (Å²) in [6.45, 7) is 17.5. The van der Waals surface area contributed by atoms with Crippen LogP contribution >= 0.6 is 23.2 Å². The zero-order valence-electron chi connectivity index (χ0n) is 24.9. The van der Waals surface area contributed by atoms with E-state index in [4.69, 9.17) is 51.6 Å². The van der Waals surface area contributed by atoms with Crippen molar-refractivity contribution in [1.29, 1.82) is 0 Å². The fraction of sp³-hybridized carbons (Fsp3) is 0.667. The Balaban J connectivity index is 0.000000520. The van der Waals surface area contributed by atoms with Gasteiger partial charge >= 0.3 is 0 Å². The summed E-state index contributed by atoms with van der Waals surface area (Å²) < 4.78 is 36.5. The topological polar surface area (TPSA) is 63.1 Å². The van der Waals surface area contributed by atoms with Crippen molar-refractivity contribution in [2.75, 3.05) is 91.0 Å². The van der Waals surface area contributed by atoms with Crippen LogP contribution in [-0.2, 0) is 41.5 Å². The van der Waals surface area contributed by atoms with Gasteiger partial charge in [0.05, 0.1) is 66.1 Å². The lowest BCUT2D eigenvalue weighted by atomic mass is 10.2. The molecular weight excluding hydrogens is 555 g/mol. The van der Waals surface area contributed by atoms with Gasteiger partial charge in [-0.2, -0.15) is 0 Å². The minimum absolute atomic E-state index is 0.527. The largest absolute Gasteiger partial charge is 0.378 e. The molecule has 0 aromatic carbocycles.